The van der Waals surface area contributed by atoms with Crippen molar-refractivity contribution in [1.29, 1.82) is 0 Å². The highest BCUT2D eigenvalue weighted by molar-refractivity contribution is 7.80. The van der Waals surface area contributed by atoms with Crippen molar-refractivity contribution in [2.45, 2.75) is 24.9 Å². The van der Waals surface area contributed by atoms with Crippen LogP contribution >= 0.6 is 0 Å². The van der Waals surface area contributed by atoms with E-state index in [1.807, 2.05) is 0 Å². The zero-order valence-corrected chi connectivity index (χ0v) is 15.8. The number of rotatable bonds is 4. The molecule has 3 N–H and O–H groups in total. The van der Waals surface area contributed by atoms with Crippen LogP contribution in [0.2, 0.25) is 0 Å². The van der Waals surface area contributed by atoms with Crippen LogP contribution in [-0.4, -0.2) is 87.1 Å². The van der Waals surface area contributed by atoms with E-state index < -0.39 is 34.6 Å². The highest BCUT2D eigenvalue weighted by Gasteiger charge is 2.52. The Morgan fingerprint density at radius 3 is 2.62 bits per heavy atom. The van der Waals surface area contributed by atoms with Gasteiger partial charge < -0.3 is 20.2 Å². The van der Waals surface area contributed by atoms with Crippen LogP contribution in [0.25, 0.3) is 0 Å². The van der Waals surface area contributed by atoms with Crippen molar-refractivity contribution in [3.8, 4) is 0 Å². The molecule has 1 aromatic rings. The molecule has 3 aliphatic heterocycles. The molecule has 0 aromatic carbocycles. The van der Waals surface area contributed by atoms with E-state index in [4.69, 9.17) is 9.66 Å². The highest BCUT2D eigenvalue weighted by Crippen LogP contribution is 2.43. The molecule has 0 spiro atoms. The van der Waals surface area contributed by atoms with Gasteiger partial charge in [0.2, 0.25) is 0 Å². The number of hydrogen-bond acceptors (Lipinski definition) is 7. The number of nitrogens with zero attached hydrogens (tertiary/aromatic N) is 5. The number of fused-ring (bicyclic) bond motifs is 4. The normalized spacial score (nSPS) is 23.5. The lowest BCUT2D eigenvalue weighted by atomic mass is 9.98. The van der Waals surface area contributed by atoms with Gasteiger partial charge in [0.25, 0.3) is 0 Å². The van der Waals surface area contributed by atoms with Crippen LogP contribution in [0.3, 0.4) is 0 Å². The summed E-state index contributed by atoms with van der Waals surface area (Å²) in [4.78, 5) is 39.0. The average Bonchev–Trinajstić information content (AvgIpc) is 3.35. The molecule has 2 saturated heterocycles. The van der Waals surface area contributed by atoms with Crippen LogP contribution < -0.4 is 5.32 Å². The molecule has 2 fully saturated rings. The van der Waals surface area contributed by atoms with Crippen LogP contribution in [-0.2, 0) is 14.7 Å². The fraction of sp³-hybridized carbons (Fsp3) is 0.571. The van der Waals surface area contributed by atoms with Gasteiger partial charge in [0.15, 0.2) is 0 Å². The molecule has 14 nitrogen and oxygen atoms in total. The lowest BCUT2D eigenvalue weighted by Crippen LogP contribution is -2.41. The Kier molecular flexibility index (Phi) is 4.59. The summed E-state index contributed by atoms with van der Waals surface area (Å²) >= 11 is 0. The Morgan fingerprint density at radius 2 is 2.00 bits per heavy atom. The first-order chi connectivity index (χ1) is 13.7. The van der Waals surface area contributed by atoms with Crippen molar-refractivity contribution in [2.24, 2.45) is 0 Å². The Morgan fingerprint density at radius 1 is 1.31 bits per heavy atom. The van der Waals surface area contributed by atoms with Crippen LogP contribution in [0.4, 0.5) is 14.4 Å². The lowest BCUT2D eigenvalue weighted by Gasteiger charge is -2.29. The first-order valence-electron chi connectivity index (χ1n) is 8.78. The lowest BCUT2D eigenvalue weighted by molar-refractivity contribution is -0.0317. The molecule has 0 saturated carbocycles. The van der Waals surface area contributed by atoms with Gasteiger partial charge in [0, 0.05) is 31.4 Å². The van der Waals surface area contributed by atoms with Gasteiger partial charge >= 0.3 is 28.6 Å². The number of carbonyl (C=O) groups excluding carboxylic acids is 2. The quantitative estimate of drug-likeness (QED) is 0.545. The summed E-state index contributed by atoms with van der Waals surface area (Å²) in [5.74, 6) is 0. The molecule has 4 amide bonds. The minimum Gasteiger partial charge on any atom is -0.465 e. The van der Waals surface area contributed by atoms with Gasteiger partial charge in [-0.25, -0.2) is 14.4 Å². The smallest absolute Gasteiger partial charge is 0.418 e. The van der Waals surface area contributed by atoms with Gasteiger partial charge in [0.1, 0.15) is 6.04 Å². The van der Waals surface area contributed by atoms with Crippen LogP contribution in [0, 0.1) is 0 Å². The number of hydroxylamine groups is 2. The van der Waals surface area contributed by atoms with E-state index in [-0.39, 0.29) is 24.8 Å². The monoisotopic (exact) mass is 430 g/mol. The SMILES string of the molecule is O=C(O)NCC1c2nn(C(=O)N3CCCC3)cc2C2CN1C(=O)N2OS(=O)(=O)O. The molecule has 4 rings (SSSR count). The Labute approximate surface area is 164 Å². The number of carboxylic acid groups (broad SMARTS) is 1. The van der Waals surface area contributed by atoms with E-state index in [1.165, 1.54) is 11.1 Å². The molecular formula is C14H18N6O8S. The number of carbonyl (C=O) groups is 3. The van der Waals surface area contributed by atoms with Gasteiger partial charge in [-0.15, -0.1) is 4.28 Å². The number of likely N-dealkylation sites (tertiary alicyclic amines) is 1. The topological polar surface area (TPSA) is 175 Å². The number of aromatic nitrogens is 2. The van der Waals surface area contributed by atoms with Gasteiger partial charge in [-0.3, -0.25) is 4.55 Å². The molecule has 2 atom stereocenters. The minimum absolute atomic E-state index is 0.0308. The average molecular weight is 430 g/mol. The Hall–Kier alpha value is -2.91. The van der Waals surface area contributed by atoms with E-state index in [2.05, 4.69) is 14.7 Å². The molecule has 2 unspecified atom stereocenters. The molecule has 3 aliphatic rings. The van der Waals surface area contributed by atoms with E-state index in [9.17, 15) is 22.8 Å². The number of nitrogens with one attached hydrogen (secondary N) is 1. The van der Waals surface area contributed by atoms with Gasteiger partial charge in [-0.05, 0) is 12.8 Å². The summed E-state index contributed by atoms with van der Waals surface area (Å²) in [6.07, 6.45) is 1.81. The molecule has 1 aromatic heterocycles. The van der Waals surface area contributed by atoms with Crippen molar-refractivity contribution in [2.75, 3.05) is 26.2 Å². The summed E-state index contributed by atoms with van der Waals surface area (Å²) < 4.78 is 36.9. The molecule has 15 heteroatoms. The van der Waals surface area contributed by atoms with Crippen molar-refractivity contribution < 1.29 is 36.7 Å². The summed E-state index contributed by atoms with van der Waals surface area (Å²) in [7, 11) is -4.98. The Bertz CT molecular complexity index is 971. The molecule has 158 valence electrons. The minimum atomic E-state index is -4.98. The highest BCUT2D eigenvalue weighted by atomic mass is 32.3. The second-order valence-corrected chi connectivity index (χ2v) is 7.88. The molecule has 2 bridgehead atoms. The summed E-state index contributed by atoms with van der Waals surface area (Å²) in [5.41, 5.74) is 0.581. The number of urea groups is 1. The van der Waals surface area contributed by atoms with E-state index in [1.54, 1.807) is 4.90 Å². The van der Waals surface area contributed by atoms with Crippen LogP contribution in [0.1, 0.15) is 36.2 Å². The fourth-order valence-electron chi connectivity index (χ4n) is 3.88. The molecule has 4 heterocycles. The first kappa shape index (κ1) is 19.4. The first-order valence-corrected chi connectivity index (χ1v) is 10.1. The van der Waals surface area contributed by atoms with Crippen LogP contribution in [0.15, 0.2) is 6.20 Å². The van der Waals surface area contributed by atoms with Crippen molar-refractivity contribution >= 4 is 28.6 Å². The van der Waals surface area contributed by atoms with E-state index >= 15 is 0 Å². The van der Waals surface area contributed by atoms with E-state index in [0.717, 1.165) is 17.5 Å². The molecule has 29 heavy (non-hydrogen) atoms. The maximum atomic E-state index is 12.7. The number of amides is 4. The van der Waals surface area contributed by atoms with Gasteiger partial charge in [0.05, 0.1) is 18.3 Å². The van der Waals surface area contributed by atoms with Gasteiger partial charge in [-0.1, -0.05) is 0 Å². The maximum absolute atomic E-state index is 12.7. The fourth-order valence-corrected chi connectivity index (χ4v) is 4.25. The van der Waals surface area contributed by atoms with Crippen LogP contribution in [0.5, 0.6) is 0 Å². The third kappa shape index (κ3) is 3.47. The third-order valence-electron chi connectivity index (χ3n) is 5.10. The largest absolute Gasteiger partial charge is 0.465 e. The van der Waals surface area contributed by atoms with Crippen molar-refractivity contribution in [3.05, 3.63) is 17.5 Å². The maximum Gasteiger partial charge on any atom is 0.418 e. The Balaban J connectivity index is 1.71. The molecule has 0 radical (unpaired) electrons. The zero-order chi connectivity index (χ0) is 20.9. The molecule has 0 aliphatic carbocycles. The standard InChI is InChI=1S/C14H18N6O8S/c21-12(22)15-5-9-11-8(6-19(16-11)13(23)17-3-1-2-4-17)10-7-18(9)14(24)20(10)28-29(25,26)27/h6,9-10,15H,1-5,7H2,(H,21,22)(H,25,26,27). The zero-order valence-electron chi connectivity index (χ0n) is 15.0. The van der Waals surface area contributed by atoms with Gasteiger partial charge in [-0.2, -0.15) is 23.3 Å². The predicted molar refractivity (Wildman–Crippen MR) is 91.9 cm³/mol. The predicted octanol–water partition coefficient (Wildman–Crippen LogP) is -0.218. The molecular weight excluding hydrogens is 412 g/mol. The second kappa shape index (κ2) is 6.85. The second-order valence-electron chi connectivity index (χ2n) is 6.87. The van der Waals surface area contributed by atoms with Crippen molar-refractivity contribution in [1.82, 2.24) is 30.0 Å². The summed E-state index contributed by atoms with van der Waals surface area (Å²) in [6, 6.07) is -3.07. The van der Waals surface area contributed by atoms with Crippen molar-refractivity contribution in [3.63, 3.8) is 0 Å². The third-order valence-corrected chi connectivity index (χ3v) is 5.45. The number of hydrogen-bond donors (Lipinski definition) is 3. The summed E-state index contributed by atoms with van der Waals surface area (Å²) in [6.45, 7) is 0.908. The van der Waals surface area contributed by atoms with E-state index in [0.29, 0.717) is 23.7 Å². The summed E-state index contributed by atoms with van der Waals surface area (Å²) in [5, 5.41) is 15.8.